The molecule has 1 saturated carbocycles. The Morgan fingerprint density at radius 3 is 2.70 bits per heavy atom. The van der Waals surface area contributed by atoms with Crippen molar-refractivity contribution in [3.8, 4) is 0 Å². The van der Waals surface area contributed by atoms with E-state index >= 15 is 0 Å². The van der Waals surface area contributed by atoms with Gasteiger partial charge in [0, 0.05) is 12.2 Å². The van der Waals surface area contributed by atoms with Gasteiger partial charge in [0.1, 0.15) is 5.41 Å². The summed E-state index contributed by atoms with van der Waals surface area (Å²) in [4.78, 5) is 26.5. The molecular weight excluding hydrogens is 254 g/mol. The van der Waals surface area contributed by atoms with Crippen molar-refractivity contribution in [1.82, 2.24) is 0 Å². The summed E-state index contributed by atoms with van der Waals surface area (Å²) in [6.07, 6.45) is 3.15. The van der Waals surface area contributed by atoms with Gasteiger partial charge in [-0.1, -0.05) is 12.1 Å². The number of hydrogen-bond acceptors (Lipinski definition) is 3. The first-order valence-electron chi connectivity index (χ1n) is 7.08. The first-order valence-corrected chi connectivity index (χ1v) is 7.08. The molecule has 0 bridgehead atoms. The number of rotatable bonds is 2. The lowest BCUT2D eigenvalue weighted by atomic mass is 9.97. The molecule has 4 nitrogen and oxygen atoms in total. The van der Waals surface area contributed by atoms with E-state index in [2.05, 4.69) is 12.1 Å². The summed E-state index contributed by atoms with van der Waals surface area (Å²) >= 11 is 0. The number of benzene rings is 1. The second kappa shape index (κ2) is 4.62. The van der Waals surface area contributed by atoms with Gasteiger partial charge in [-0.05, 0) is 49.8 Å². The summed E-state index contributed by atoms with van der Waals surface area (Å²) in [5, 5.41) is 0. The Hall–Kier alpha value is -1.84. The Labute approximate surface area is 118 Å². The lowest BCUT2D eigenvalue weighted by Crippen LogP contribution is -2.44. The van der Waals surface area contributed by atoms with E-state index in [1.807, 2.05) is 13.0 Å². The Morgan fingerprint density at radius 2 is 2.05 bits per heavy atom. The summed E-state index contributed by atoms with van der Waals surface area (Å²) in [5.74, 6) is -0.474. The summed E-state index contributed by atoms with van der Waals surface area (Å²) in [6.45, 7) is 2.71. The molecule has 4 heteroatoms. The third-order valence-electron chi connectivity index (χ3n) is 4.34. The second-order valence-electron chi connectivity index (χ2n) is 5.77. The zero-order valence-electron chi connectivity index (χ0n) is 11.9. The number of fused-ring (bicyclic) bond motifs is 1. The topological polar surface area (TPSA) is 46.6 Å². The highest BCUT2D eigenvalue weighted by Gasteiger charge is 2.59. The minimum atomic E-state index is -0.910. The minimum absolute atomic E-state index is 0.0871. The average molecular weight is 273 g/mol. The molecule has 1 aliphatic heterocycles. The SMILES string of the molecule is COC(=O)C1(C(=O)N2CCCc3ccc(C)cc32)CC1. The summed E-state index contributed by atoms with van der Waals surface area (Å²) in [7, 11) is 1.35. The third kappa shape index (κ3) is 1.90. The number of carbonyl (C=O) groups excluding carboxylic acids is 2. The quantitative estimate of drug-likeness (QED) is 0.613. The molecule has 0 atom stereocenters. The van der Waals surface area contributed by atoms with E-state index in [0.717, 1.165) is 24.1 Å². The van der Waals surface area contributed by atoms with Crippen molar-refractivity contribution in [2.45, 2.75) is 32.6 Å². The standard InChI is InChI=1S/C16H19NO3/c1-11-5-6-12-4-3-9-17(13(12)10-11)14(18)16(7-8-16)15(19)20-2/h5-6,10H,3-4,7-9H2,1-2H3. The van der Waals surface area contributed by atoms with Gasteiger partial charge >= 0.3 is 5.97 Å². The van der Waals surface area contributed by atoms with Crippen molar-refractivity contribution in [3.63, 3.8) is 0 Å². The Bertz CT molecular complexity index is 575. The molecule has 0 N–H and O–H groups in total. The maximum Gasteiger partial charge on any atom is 0.321 e. The van der Waals surface area contributed by atoms with Gasteiger partial charge in [0.05, 0.1) is 7.11 Å². The fourth-order valence-electron chi connectivity index (χ4n) is 2.98. The lowest BCUT2D eigenvalue weighted by molar-refractivity contribution is -0.151. The van der Waals surface area contributed by atoms with Gasteiger partial charge in [-0.15, -0.1) is 0 Å². The predicted octanol–water partition coefficient (Wildman–Crippen LogP) is 2.23. The zero-order valence-corrected chi connectivity index (χ0v) is 11.9. The van der Waals surface area contributed by atoms with Crippen LogP contribution in [0, 0.1) is 12.3 Å². The molecule has 1 amide bonds. The van der Waals surface area contributed by atoms with Gasteiger partial charge < -0.3 is 9.64 Å². The molecule has 0 saturated heterocycles. The van der Waals surface area contributed by atoms with Crippen molar-refractivity contribution in [2.75, 3.05) is 18.6 Å². The number of hydrogen-bond donors (Lipinski definition) is 0. The minimum Gasteiger partial charge on any atom is -0.468 e. The number of ether oxygens (including phenoxy) is 1. The molecule has 1 heterocycles. The fourth-order valence-corrected chi connectivity index (χ4v) is 2.98. The van der Waals surface area contributed by atoms with Gasteiger partial charge in [0.15, 0.2) is 0 Å². The van der Waals surface area contributed by atoms with Crippen LogP contribution in [0.2, 0.25) is 0 Å². The first-order chi connectivity index (χ1) is 9.58. The van der Waals surface area contributed by atoms with Crippen LogP contribution < -0.4 is 4.90 Å². The maximum atomic E-state index is 12.8. The number of esters is 1. The van der Waals surface area contributed by atoms with Crippen LogP contribution in [0.1, 0.15) is 30.4 Å². The normalized spacial score (nSPS) is 19.2. The van der Waals surface area contributed by atoms with Gasteiger partial charge in [0.25, 0.3) is 0 Å². The van der Waals surface area contributed by atoms with Gasteiger partial charge in [-0.25, -0.2) is 0 Å². The summed E-state index contributed by atoms with van der Waals surface area (Å²) in [6, 6.07) is 6.20. The molecule has 1 aromatic carbocycles. The van der Waals surface area contributed by atoms with Crippen LogP contribution in [0.15, 0.2) is 18.2 Å². The van der Waals surface area contributed by atoms with E-state index in [-0.39, 0.29) is 11.9 Å². The van der Waals surface area contributed by atoms with Gasteiger partial charge in [0.2, 0.25) is 5.91 Å². The molecule has 1 aliphatic carbocycles. The first kappa shape index (κ1) is 13.2. The van der Waals surface area contributed by atoms with E-state index in [1.54, 1.807) is 4.90 Å². The van der Waals surface area contributed by atoms with Crippen LogP contribution in [0.25, 0.3) is 0 Å². The molecule has 20 heavy (non-hydrogen) atoms. The lowest BCUT2D eigenvalue weighted by Gasteiger charge is -2.32. The molecule has 0 spiro atoms. The third-order valence-corrected chi connectivity index (χ3v) is 4.34. The van der Waals surface area contributed by atoms with Crippen LogP contribution in [-0.2, 0) is 20.7 Å². The number of anilines is 1. The van der Waals surface area contributed by atoms with Crippen molar-refractivity contribution in [2.24, 2.45) is 5.41 Å². The Balaban J connectivity index is 1.95. The van der Waals surface area contributed by atoms with E-state index < -0.39 is 5.41 Å². The molecule has 0 aromatic heterocycles. The van der Waals surface area contributed by atoms with Gasteiger partial charge in [-0.2, -0.15) is 0 Å². The van der Waals surface area contributed by atoms with E-state index in [0.29, 0.717) is 19.4 Å². The smallest absolute Gasteiger partial charge is 0.321 e. The predicted molar refractivity (Wildman–Crippen MR) is 75.5 cm³/mol. The highest BCUT2D eigenvalue weighted by Crippen LogP contribution is 2.49. The number of methoxy groups -OCH3 is 1. The Morgan fingerprint density at radius 1 is 1.30 bits per heavy atom. The van der Waals surface area contributed by atoms with Crippen LogP contribution >= 0.6 is 0 Å². The molecule has 0 unspecified atom stereocenters. The Kier molecular flexibility index (Phi) is 3.04. The number of nitrogens with zero attached hydrogens (tertiary/aromatic N) is 1. The maximum absolute atomic E-state index is 12.8. The molecule has 106 valence electrons. The highest BCUT2D eigenvalue weighted by molar-refractivity contribution is 6.12. The van der Waals surface area contributed by atoms with Crippen LogP contribution in [-0.4, -0.2) is 25.5 Å². The van der Waals surface area contributed by atoms with Gasteiger partial charge in [-0.3, -0.25) is 9.59 Å². The van der Waals surface area contributed by atoms with Crippen LogP contribution in [0.5, 0.6) is 0 Å². The van der Waals surface area contributed by atoms with Crippen LogP contribution in [0.3, 0.4) is 0 Å². The van der Waals surface area contributed by atoms with E-state index in [1.165, 1.54) is 12.7 Å². The second-order valence-corrected chi connectivity index (χ2v) is 5.77. The van der Waals surface area contributed by atoms with E-state index in [9.17, 15) is 9.59 Å². The number of amides is 1. The molecular formula is C16H19NO3. The number of aryl methyl sites for hydroxylation is 2. The number of carbonyl (C=O) groups is 2. The van der Waals surface area contributed by atoms with Crippen molar-refractivity contribution < 1.29 is 14.3 Å². The molecule has 0 radical (unpaired) electrons. The summed E-state index contributed by atoms with van der Waals surface area (Å²) < 4.78 is 4.81. The highest BCUT2D eigenvalue weighted by atomic mass is 16.5. The molecule has 1 fully saturated rings. The fraction of sp³-hybridized carbons (Fsp3) is 0.500. The average Bonchev–Trinajstić information content (AvgIpc) is 3.26. The molecule has 3 rings (SSSR count). The van der Waals surface area contributed by atoms with Crippen molar-refractivity contribution >= 4 is 17.6 Å². The zero-order chi connectivity index (χ0) is 14.3. The van der Waals surface area contributed by atoms with Crippen molar-refractivity contribution in [3.05, 3.63) is 29.3 Å². The monoisotopic (exact) mass is 273 g/mol. The molecule has 2 aliphatic rings. The summed E-state index contributed by atoms with van der Waals surface area (Å²) in [5.41, 5.74) is 2.38. The largest absolute Gasteiger partial charge is 0.468 e. The van der Waals surface area contributed by atoms with Crippen molar-refractivity contribution in [1.29, 1.82) is 0 Å². The molecule has 1 aromatic rings. The van der Waals surface area contributed by atoms with Crippen LogP contribution in [0.4, 0.5) is 5.69 Å². The van der Waals surface area contributed by atoms with E-state index in [4.69, 9.17) is 4.74 Å².